The van der Waals surface area contributed by atoms with E-state index in [0.29, 0.717) is 28.3 Å². The van der Waals surface area contributed by atoms with E-state index in [1.165, 1.54) is 18.0 Å². The van der Waals surface area contributed by atoms with E-state index in [9.17, 15) is 24.3 Å². The van der Waals surface area contributed by atoms with Gasteiger partial charge in [0.25, 0.3) is 11.8 Å². The number of ether oxygens (including phenoxy) is 2. The van der Waals surface area contributed by atoms with Gasteiger partial charge in [-0.3, -0.25) is 29.0 Å². The molecule has 4 aliphatic rings. The van der Waals surface area contributed by atoms with E-state index in [4.69, 9.17) is 32.7 Å². The fraction of sp³-hybridized carbons (Fsp3) is 0.297. The highest BCUT2D eigenvalue weighted by atomic mass is 35.5. The second-order valence-corrected chi connectivity index (χ2v) is 13.8. The van der Waals surface area contributed by atoms with E-state index in [1.54, 1.807) is 44.6 Å². The Hall–Kier alpha value is -4.60. The number of phenolic OH excluding ortho intramolecular Hbond substituents is 1. The molecule has 4 amide bonds. The molecule has 9 nitrogen and oxygen atoms in total. The molecular weight excluding hydrogens is 655 g/mol. The summed E-state index contributed by atoms with van der Waals surface area (Å²) in [4.78, 5) is 53.7. The Kier molecular flexibility index (Phi) is 7.68. The summed E-state index contributed by atoms with van der Waals surface area (Å²) < 4.78 is 10.8. The molecule has 0 aromatic heterocycles. The first-order valence-corrected chi connectivity index (χ1v) is 16.3. The van der Waals surface area contributed by atoms with E-state index in [2.05, 4.69) is 0 Å². The molecule has 48 heavy (non-hydrogen) atoms. The molecule has 2 saturated heterocycles. The molecule has 3 aromatic rings. The Balaban J connectivity index is 1.22. The van der Waals surface area contributed by atoms with Crippen molar-refractivity contribution in [1.82, 2.24) is 4.90 Å². The van der Waals surface area contributed by atoms with Gasteiger partial charge in [-0.15, -0.1) is 23.2 Å². The number of nitrogens with zero attached hydrogens (tertiary/aromatic N) is 2. The SMILES string of the molecule is COc1ccc(OC)c(C=Cc2ccc(N3C(=O)C4CC=C5C(CC6(Cl)C(=O)N(C)C(=O)C6(Cl)C5c5ccccc5O)C4C3=O)cc2)c1. The Labute approximate surface area is 287 Å². The van der Waals surface area contributed by atoms with Crippen molar-refractivity contribution in [3.63, 3.8) is 0 Å². The van der Waals surface area contributed by atoms with Gasteiger partial charge in [0.15, 0.2) is 9.75 Å². The minimum Gasteiger partial charge on any atom is -0.508 e. The van der Waals surface area contributed by atoms with Gasteiger partial charge >= 0.3 is 0 Å². The summed E-state index contributed by atoms with van der Waals surface area (Å²) in [6, 6.07) is 19.0. The number of imide groups is 2. The van der Waals surface area contributed by atoms with Gasteiger partial charge in [-0.1, -0.05) is 54.1 Å². The minimum absolute atomic E-state index is 0.116. The summed E-state index contributed by atoms with van der Waals surface area (Å²) in [7, 11) is 4.52. The first-order chi connectivity index (χ1) is 23.0. The number of carbonyl (C=O) groups excluding carboxylic acids is 4. The van der Waals surface area contributed by atoms with Crippen LogP contribution in [0, 0.1) is 17.8 Å². The highest BCUT2D eigenvalue weighted by Gasteiger charge is 2.76. The smallest absolute Gasteiger partial charge is 0.253 e. The van der Waals surface area contributed by atoms with Crippen molar-refractivity contribution in [1.29, 1.82) is 0 Å². The predicted octanol–water partition coefficient (Wildman–Crippen LogP) is 5.77. The number of benzene rings is 3. The number of phenols is 1. The van der Waals surface area contributed by atoms with Crippen molar-refractivity contribution in [2.45, 2.75) is 28.5 Å². The zero-order valence-corrected chi connectivity index (χ0v) is 27.9. The van der Waals surface area contributed by atoms with E-state index in [-0.39, 0.29) is 24.5 Å². The number of aromatic hydroxyl groups is 1. The first kappa shape index (κ1) is 32.0. The van der Waals surface area contributed by atoms with Crippen LogP contribution in [0.2, 0.25) is 0 Å². The Morgan fingerprint density at radius 3 is 2.29 bits per heavy atom. The van der Waals surface area contributed by atoms with Crippen LogP contribution in [0.5, 0.6) is 17.2 Å². The molecule has 2 aliphatic heterocycles. The minimum atomic E-state index is -1.95. The normalized spacial score (nSPS) is 29.6. The zero-order valence-electron chi connectivity index (χ0n) is 26.4. The average molecular weight is 688 g/mol. The van der Waals surface area contributed by atoms with Gasteiger partial charge in [0, 0.05) is 24.1 Å². The molecule has 2 heterocycles. The third kappa shape index (κ3) is 4.44. The number of rotatable bonds is 6. The van der Waals surface area contributed by atoms with Crippen molar-refractivity contribution in [3.8, 4) is 17.2 Å². The lowest BCUT2D eigenvalue weighted by Crippen LogP contribution is -2.60. The third-order valence-corrected chi connectivity index (χ3v) is 11.7. The van der Waals surface area contributed by atoms with E-state index < -0.39 is 51.1 Å². The van der Waals surface area contributed by atoms with Crippen molar-refractivity contribution in [3.05, 3.63) is 95.1 Å². The molecule has 7 rings (SSSR count). The number of likely N-dealkylation sites (tertiary alicyclic amines) is 1. The second kappa shape index (κ2) is 11.5. The van der Waals surface area contributed by atoms with Crippen LogP contribution < -0.4 is 14.4 Å². The largest absolute Gasteiger partial charge is 0.508 e. The Bertz CT molecular complexity index is 1940. The lowest BCUT2D eigenvalue weighted by molar-refractivity contribution is -0.138. The molecule has 1 saturated carbocycles. The maximum Gasteiger partial charge on any atom is 0.253 e. The molecule has 0 bridgehead atoms. The van der Waals surface area contributed by atoms with Crippen molar-refractivity contribution in [2.24, 2.45) is 17.8 Å². The number of hydrogen-bond donors (Lipinski definition) is 1. The molecule has 3 aromatic carbocycles. The number of carbonyl (C=O) groups is 4. The van der Waals surface area contributed by atoms with Gasteiger partial charge in [-0.25, -0.2) is 0 Å². The lowest BCUT2D eigenvalue weighted by atomic mass is 9.56. The Morgan fingerprint density at radius 1 is 0.875 bits per heavy atom. The number of anilines is 1. The van der Waals surface area contributed by atoms with Gasteiger partial charge in [-0.05, 0) is 60.7 Å². The van der Waals surface area contributed by atoms with Gasteiger partial charge in [0.1, 0.15) is 17.2 Å². The van der Waals surface area contributed by atoms with Crippen LogP contribution in [0.4, 0.5) is 5.69 Å². The predicted molar refractivity (Wildman–Crippen MR) is 181 cm³/mol. The molecule has 11 heteroatoms. The van der Waals surface area contributed by atoms with Gasteiger partial charge in [-0.2, -0.15) is 0 Å². The molecule has 2 aliphatic carbocycles. The number of halogens is 2. The molecule has 6 atom stereocenters. The van der Waals surface area contributed by atoms with E-state index in [0.717, 1.165) is 16.0 Å². The van der Waals surface area contributed by atoms with E-state index >= 15 is 0 Å². The van der Waals surface area contributed by atoms with Gasteiger partial charge < -0.3 is 14.6 Å². The van der Waals surface area contributed by atoms with Crippen LogP contribution in [0.1, 0.15) is 35.4 Å². The van der Waals surface area contributed by atoms with Gasteiger partial charge in [0.05, 0.1) is 31.7 Å². The van der Waals surface area contributed by atoms with Crippen LogP contribution in [-0.2, 0) is 19.2 Å². The highest BCUT2D eigenvalue weighted by Crippen LogP contribution is 2.66. The number of para-hydroxylation sites is 1. The molecular formula is C37H32Cl2N2O7. The van der Waals surface area contributed by atoms with Crippen LogP contribution in [0.15, 0.2) is 78.4 Å². The lowest BCUT2D eigenvalue weighted by Gasteiger charge is -2.50. The number of methoxy groups -OCH3 is 2. The molecule has 0 spiro atoms. The van der Waals surface area contributed by atoms with Crippen LogP contribution >= 0.6 is 23.2 Å². The quantitative estimate of drug-likeness (QED) is 0.152. The number of allylic oxidation sites excluding steroid dienone is 2. The molecule has 1 N–H and O–H groups in total. The molecule has 246 valence electrons. The second-order valence-electron chi connectivity index (χ2n) is 12.6. The van der Waals surface area contributed by atoms with Crippen molar-refractivity contribution < 1.29 is 33.8 Å². The van der Waals surface area contributed by atoms with Crippen LogP contribution in [0.25, 0.3) is 12.2 Å². The summed E-state index contributed by atoms with van der Waals surface area (Å²) in [6.07, 6.45) is 5.73. The fourth-order valence-electron chi connectivity index (χ4n) is 7.97. The third-order valence-electron chi connectivity index (χ3n) is 10.3. The standard InChI is InChI=1S/C37H32Cl2N2O7/c1-40-34(45)36(38)19-27-24(31(37(36,39)35(40)46)25-6-4-5-7-28(25)42)15-16-26-30(27)33(44)41(32(26)43)22-12-9-20(10-13-22)8-11-21-18-23(47-2)14-17-29(21)48-3/h4-15,17-18,26-27,30-31,42H,16,19H2,1-3H3. The van der Waals surface area contributed by atoms with E-state index in [1.807, 2.05) is 48.6 Å². The monoisotopic (exact) mass is 686 g/mol. The summed E-state index contributed by atoms with van der Waals surface area (Å²) in [5, 5.41) is 11.0. The van der Waals surface area contributed by atoms with Crippen molar-refractivity contribution >= 4 is 64.7 Å². The first-order valence-electron chi connectivity index (χ1n) is 15.5. The number of hydrogen-bond acceptors (Lipinski definition) is 7. The van der Waals surface area contributed by atoms with Crippen molar-refractivity contribution in [2.75, 3.05) is 26.2 Å². The topological polar surface area (TPSA) is 113 Å². The summed E-state index contributed by atoms with van der Waals surface area (Å²) in [5.74, 6) is -4.06. The fourth-order valence-corrected chi connectivity index (χ4v) is 8.98. The number of alkyl halides is 2. The maximum atomic E-state index is 14.3. The van der Waals surface area contributed by atoms with Crippen LogP contribution in [0.3, 0.4) is 0 Å². The zero-order chi connectivity index (χ0) is 34.1. The molecule has 6 unspecified atom stereocenters. The molecule has 3 fully saturated rings. The maximum absolute atomic E-state index is 14.3. The van der Waals surface area contributed by atoms with Crippen LogP contribution in [-0.4, -0.2) is 64.7 Å². The number of amides is 4. The average Bonchev–Trinajstić information content (AvgIpc) is 3.42. The summed E-state index contributed by atoms with van der Waals surface area (Å²) >= 11 is 14.4. The molecule has 0 radical (unpaired) electrons. The Morgan fingerprint density at radius 2 is 1.60 bits per heavy atom. The highest BCUT2D eigenvalue weighted by molar-refractivity contribution is 6.53. The van der Waals surface area contributed by atoms with Gasteiger partial charge in [0.2, 0.25) is 11.8 Å². The summed E-state index contributed by atoms with van der Waals surface area (Å²) in [6.45, 7) is 0. The summed E-state index contributed by atoms with van der Waals surface area (Å²) in [5.41, 5.74) is 3.02. The number of fused-ring (bicyclic) bond motifs is 4.